The highest BCUT2D eigenvalue weighted by atomic mass is 16.6. The normalized spacial score (nSPS) is 20.4. The van der Waals surface area contributed by atoms with Gasteiger partial charge in [-0.1, -0.05) is 72.3 Å². The summed E-state index contributed by atoms with van der Waals surface area (Å²) in [6, 6.07) is 27.2. The number of ether oxygens (including phenoxy) is 1. The van der Waals surface area contributed by atoms with Gasteiger partial charge in [-0.15, -0.1) is 0 Å². The van der Waals surface area contributed by atoms with E-state index in [0.717, 1.165) is 37.7 Å². The SMILES string of the molecule is N#Cc1cccc(CC2=CC3CCCC(C2)N3C(=O)OCC2c3ccccc3-c3ccccc32)c1. The summed E-state index contributed by atoms with van der Waals surface area (Å²) in [7, 11) is 0. The molecule has 2 bridgehead atoms. The Morgan fingerprint density at radius 3 is 2.43 bits per heavy atom. The molecule has 0 saturated carbocycles. The molecule has 0 spiro atoms. The first-order valence-electron chi connectivity index (χ1n) is 12.5. The number of carbonyl (C=O) groups excluding carboxylic acids is 1. The fourth-order valence-electron chi connectivity index (χ4n) is 6.22. The Hall–Kier alpha value is -3.84. The molecule has 2 unspecified atom stereocenters. The zero-order valence-electron chi connectivity index (χ0n) is 19.7. The molecule has 1 saturated heterocycles. The van der Waals surface area contributed by atoms with Gasteiger partial charge < -0.3 is 4.74 Å². The van der Waals surface area contributed by atoms with Crippen LogP contribution in [0.4, 0.5) is 4.79 Å². The Morgan fingerprint density at radius 2 is 1.71 bits per heavy atom. The molecular weight excluding hydrogens is 432 g/mol. The van der Waals surface area contributed by atoms with Crippen molar-refractivity contribution in [2.75, 3.05) is 6.61 Å². The molecule has 3 aromatic carbocycles. The molecule has 3 aliphatic rings. The van der Waals surface area contributed by atoms with Crippen molar-refractivity contribution in [3.63, 3.8) is 0 Å². The van der Waals surface area contributed by atoms with Gasteiger partial charge in [-0.3, -0.25) is 4.90 Å². The Bertz CT molecular complexity index is 1310. The molecule has 6 rings (SSSR count). The minimum absolute atomic E-state index is 0.0782. The second-order valence-corrected chi connectivity index (χ2v) is 9.88. The van der Waals surface area contributed by atoms with Crippen molar-refractivity contribution in [1.29, 1.82) is 5.26 Å². The molecule has 0 aromatic heterocycles. The lowest BCUT2D eigenvalue weighted by molar-refractivity contribution is 0.0509. The Kier molecular flexibility index (Phi) is 5.62. The highest BCUT2D eigenvalue weighted by Gasteiger charge is 2.38. The molecule has 0 N–H and O–H groups in total. The lowest BCUT2D eigenvalue weighted by Gasteiger charge is -2.44. The van der Waals surface area contributed by atoms with E-state index in [0.29, 0.717) is 12.2 Å². The second-order valence-electron chi connectivity index (χ2n) is 9.88. The topological polar surface area (TPSA) is 53.3 Å². The summed E-state index contributed by atoms with van der Waals surface area (Å²) in [6.07, 6.45) is 6.91. The molecule has 1 amide bonds. The molecule has 0 radical (unpaired) electrons. The van der Waals surface area contributed by atoms with Gasteiger partial charge in [-0.2, -0.15) is 5.26 Å². The van der Waals surface area contributed by atoms with Crippen LogP contribution >= 0.6 is 0 Å². The van der Waals surface area contributed by atoms with E-state index >= 15 is 0 Å². The van der Waals surface area contributed by atoms with Gasteiger partial charge in [0, 0.05) is 12.0 Å². The molecule has 2 aliphatic heterocycles. The van der Waals surface area contributed by atoms with E-state index in [1.165, 1.54) is 27.8 Å². The first-order chi connectivity index (χ1) is 17.2. The fraction of sp³-hybridized carbons (Fsp3) is 0.290. The summed E-state index contributed by atoms with van der Waals surface area (Å²) >= 11 is 0. The van der Waals surface area contributed by atoms with Crippen LogP contribution in [0, 0.1) is 11.3 Å². The average molecular weight is 461 g/mol. The van der Waals surface area contributed by atoms with E-state index in [4.69, 9.17) is 4.74 Å². The first kappa shape index (κ1) is 21.7. The Morgan fingerprint density at radius 1 is 0.971 bits per heavy atom. The van der Waals surface area contributed by atoms with Crippen LogP contribution < -0.4 is 0 Å². The lowest BCUT2D eigenvalue weighted by Crippen LogP contribution is -2.52. The standard InChI is InChI=1S/C31H28N2O2/c32-19-22-8-5-7-21(15-22)16-23-17-24-9-6-10-25(18-23)33(24)31(34)35-20-30-28-13-3-1-11-26(28)27-12-2-4-14-29(27)30/h1-5,7-8,11-15,17,24-25,30H,6,9-10,16,18,20H2. The number of piperidine rings is 1. The third-order valence-corrected chi connectivity index (χ3v) is 7.75. The van der Waals surface area contributed by atoms with Gasteiger partial charge in [-0.25, -0.2) is 4.79 Å². The van der Waals surface area contributed by atoms with Crippen molar-refractivity contribution in [2.24, 2.45) is 0 Å². The van der Waals surface area contributed by atoms with Crippen LogP contribution in [-0.4, -0.2) is 29.7 Å². The fourth-order valence-corrected chi connectivity index (χ4v) is 6.22. The minimum atomic E-state index is -0.191. The molecule has 2 heterocycles. The summed E-state index contributed by atoms with van der Waals surface area (Å²) in [6.45, 7) is 0.361. The smallest absolute Gasteiger partial charge is 0.410 e. The van der Waals surface area contributed by atoms with E-state index in [1.807, 2.05) is 23.1 Å². The average Bonchev–Trinajstić information content (AvgIpc) is 3.20. The number of rotatable bonds is 4. The zero-order valence-corrected chi connectivity index (χ0v) is 19.7. The number of carbonyl (C=O) groups is 1. The summed E-state index contributed by atoms with van der Waals surface area (Å²) in [5.74, 6) is 0.0782. The van der Waals surface area contributed by atoms with Crippen LogP contribution in [0.3, 0.4) is 0 Å². The van der Waals surface area contributed by atoms with Crippen molar-refractivity contribution in [3.8, 4) is 17.2 Å². The van der Waals surface area contributed by atoms with Crippen molar-refractivity contribution >= 4 is 6.09 Å². The second kappa shape index (κ2) is 9.07. The minimum Gasteiger partial charge on any atom is -0.448 e. The third kappa shape index (κ3) is 4.02. The summed E-state index contributed by atoms with van der Waals surface area (Å²) in [5, 5.41) is 9.21. The maximum absolute atomic E-state index is 13.4. The van der Waals surface area contributed by atoms with Crippen molar-refractivity contribution in [1.82, 2.24) is 4.90 Å². The summed E-state index contributed by atoms with van der Waals surface area (Å²) in [4.78, 5) is 15.4. The van der Waals surface area contributed by atoms with Crippen LogP contribution in [0.15, 0.2) is 84.4 Å². The molecule has 1 aliphatic carbocycles. The van der Waals surface area contributed by atoms with E-state index in [-0.39, 0.29) is 24.1 Å². The van der Waals surface area contributed by atoms with E-state index in [9.17, 15) is 10.1 Å². The quantitative estimate of drug-likeness (QED) is 0.412. The van der Waals surface area contributed by atoms with Gasteiger partial charge in [0.15, 0.2) is 0 Å². The van der Waals surface area contributed by atoms with Crippen molar-refractivity contribution < 1.29 is 9.53 Å². The third-order valence-electron chi connectivity index (χ3n) is 7.75. The molecule has 2 atom stereocenters. The van der Waals surface area contributed by atoms with Gasteiger partial charge in [0.05, 0.1) is 17.7 Å². The molecule has 4 nitrogen and oxygen atoms in total. The maximum Gasteiger partial charge on any atom is 0.410 e. The van der Waals surface area contributed by atoms with Crippen molar-refractivity contribution in [3.05, 3.63) is 107 Å². The van der Waals surface area contributed by atoms with Crippen LogP contribution in [0.5, 0.6) is 0 Å². The van der Waals surface area contributed by atoms with Crippen LogP contribution in [0.25, 0.3) is 11.1 Å². The number of hydrogen-bond acceptors (Lipinski definition) is 3. The molecule has 174 valence electrons. The zero-order chi connectivity index (χ0) is 23.8. The summed E-state index contributed by atoms with van der Waals surface area (Å²) < 4.78 is 6.02. The Labute approximate surface area is 206 Å². The molecule has 1 fully saturated rings. The highest BCUT2D eigenvalue weighted by Crippen LogP contribution is 2.45. The van der Waals surface area contributed by atoms with E-state index in [2.05, 4.69) is 66.7 Å². The van der Waals surface area contributed by atoms with Crippen LogP contribution in [-0.2, 0) is 11.2 Å². The number of hydrogen-bond donors (Lipinski definition) is 0. The molecule has 4 heteroatoms. The van der Waals surface area contributed by atoms with Gasteiger partial charge in [0.2, 0.25) is 0 Å². The monoisotopic (exact) mass is 460 g/mol. The highest BCUT2D eigenvalue weighted by molar-refractivity contribution is 5.79. The Balaban J connectivity index is 1.18. The number of amides is 1. The predicted molar refractivity (Wildman–Crippen MR) is 136 cm³/mol. The number of benzene rings is 3. The molecular formula is C31H28N2O2. The number of nitriles is 1. The van der Waals surface area contributed by atoms with Crippen molar-refractivity contribution in [2.45, 2.75) is 50.1 Å². The van der Waals surface area contributed by atoms with E-state index < -0.39 is 0 Å². The van der Waals surface area contributed by atoms with Gasteiger partial charge in [0.25, 0.3) is 0 Å². The number of nitrogens with zero attached hydrogens (tertiary/aromatic N) is 2. The number of fused-ring (bicyclic) bond motifs is 5. The predicted octanol–water partition coefficient (Wildman–Crippen LogP) is 6.60. The largest absolute Gasteiger partial charge is 0.448 e. The lowest BCUT2D eigenvalue weighted by atomic mass is 9.83. The maximum atomic E-state index is 13.4. The van der Waals surface area contributed by atoms with Crippen LogP contribution in [0.2, 0.25) is 0 Å². The molecule has 35 heavy (non-hydrogen) atoms. The molecule has 3 aromatic rings. The van der Waals surface area contributed by atoms with Gasteiger partial charge in [-0.05, 0) is 72.1 Å². The van der Waals surface area contributed by atoms with Gasteiger partial charge in [0.1, 0.15) is 6.61 Å². The van der Waals surface area contributed by atoms with Crippen LogP contribution in [0.1, 0.15) is 53.9 Å². The first-order valence-corrected chi connectivity index (χ1v) is 12.5. The summed E-state index contributed by atoms with van der Waals surface area (Å²) in [5.41, 5.74) is 8.17. The van der Waals surface area contributed by atoms with E-state index in [1.54, 1.807) is 0 Å². The van der Waals surface area contributed by atoms with Gasteiger partial charge >= 0.3 is 6.09 Å².